The van der Waals surface area contributed by atoms with Crippen molar-refractivity contribution in [3.05, 3.63) is 21.3 Å². The molecule has 1 aliphatic heterocycles. The van der Waals surface area contributed by atoms with Gasteiger partial charge in [0.15, 0.2) is 0 Å². The topological polar surface area (TPSA) is 41.1 Å². The molecule has 0 spiro atoms. The molecule has 3 nitrogen and oxygen atoms in total. The normalized spacial score (nSPS) is 23.9. The van der Waals surface area contributed by atoms with Crippen molar-refractivity contribution < 1.29 is 4.79 Å². The minimum Gasteiger partial charge on any atom is -0.351 e. The van der Waals surface area contributed by atoms with E-state index in [0.29, 0.717) is 9.90 Å². The molecule has 5 heteroatoms. The maximum Gasteiger partial charge on any atom is 0.262 e. The van der Waals surface area contributed by atoms with E-state index < -0.39 is 0 Å². The van der Waals surface area contributed by atoms with Gasteiger partial charge in [-0.05, 0) is 42.7 Å². The average molecular weight is 287 g/mol. The van der Waals surface area contributed by atoms with Crippen molar-refractivity contribution in [3.8, 4) is 0 Å². The highest BCUT2D eigenvalue weighted by molar-refractivity contribution is 7.12. The summed E-state index contributed by atoms with van der Waals surface area (Å²) in [6.45, 7) is 5.00. The van der Waals surface area contributed by atoms with Gasteiger partial charge in [0, 0.05) is 13.1 Å². The molecule has 1 atom stereocenters. The van der Waals surface area contributed by atoms with Crippen LogP contribution < -0.4 is 10.6 Å². The van der Waals surface area contributed by atoms with E-state index in [1.807, 2.05) is 5.38 Å². The third-order valence-corrected chi connectivity index (χ3v) is 5.10. The Bertz CT molecular complexity index is 413. The molecule has 0 aromatic carbocycles. The quantitative estimate of drug-likeness (QED) is 0.894. The largest absolute Gasteiger partial charge is 0.351 e. The SMILES string of the molecule is CCC1(CNC(=O)c2sccc2Cl)CCCNC1. The van der Waals surface area contributed by atoms with Crippen LogP contribution in [-0.2, 0) is 0 Å². The van der Waals surface area contributed by atoms with Gasteiger partial charge in [-0.15, -0.1) is 11.3 Å². The number of hydrogen-bond acceptors (Lipinski definition) is 3. The first-order valence-corrected chi connectivity index (χ1v) is 7.64. The molecule has 1 aliphatic rings. The molecule has 100 valence electrons. The third-order valence-electron chi connectivity index (χ3n) is 3.76. The molecule has 2 rings (SSSR count). The fourth-order valence-electron chi connectivity index (χ4n) is 2.41. The van der Waals surface area contributed by atoms with Crippen molar-refractivity contribution in [2.75, 3.05) is 19.6 Å². The molecule has 1 aromatic heterocycles. The van der Waals surface area contributed by atoms with Gasteiger partial charge in [0.1, 0.15) is 4.88 Å². The summed E-state index contributed by atoms with van der Waals surface area (Å²) in [7, 11) is 0. The monoisotopic (exact) mass is 286 g/mol. The predicted molar refractivity (Wildman–Crippen MR) is 76.5 cm³/mol. The standard InChI is InChI=1S/C13H19ClN2OS/c1-2-13(5-3-6-15-8-13)9-16-12(17)11-10(14)4-7-18-11/h4,7,15H,2-3,5-6,8-9H2,1H3,(H,16,17). The maximum atomic E-state index is 12.0. The minimum atomic E-state index is -0.0478. The summed E-state index contributed by atoms with van der Waals surface area (Å²) in [5.74, 6) is -0.0478. The number of carbonyl (C=O) groups excluding carboxylic acids is 1. The van der Waals surface area contributed by atoms with Crippen LogP contribution in [0.25, 0.3) is 0 Å². The number of hydrogen-bond donors (Lipinski definition) is 2. The number of amides is 1. The van der Waals surface area contributed by atoms with Gasteiger partial charge in [0.25, 0.3) is 5.91 Å². The number of nitrogens with one attached hydrogen (secondary N) is 2. The number of rotatable bonds is 4. The highest BCUT2D eigenvalue weighted by atomic mass is 35.5. The maximum absolute atomic E-state index is 12.0. The average Bonchev–Trinajstić information content (AvgIpc) is 2.83. The fraction of sp³-hybridized carbons (Fsp3) is 0.615. The van der Waals surface area contributed by atoms with Crippen molar-refractivity contribution in [1.82, 2.24) is 10.6 Å². The Hall–Kier alpha value is -0.580. The van der Waals surface area contributed by atoms with Gasteiger partial charge in [-0.1, -0.05) is 18.5 Å². The zero-order valence-corrected chi connectivity index (χ0v) is 12.2. The smallest absolute Gasteiger partial charge is 0.262 e. The van der Waals surface area contributed by atoms with Gasteiger partial charge < -0.3 is 10.6 Å². The first-order chi connectivity index (χ1) is 8.67. The Morgan fingerprint density at radius 2 is 2.50 bits per heavy atom. The van der Waals surface area contributed by atoms with Crippen LogP contribution in [0.5, 0.6) is 0 Å². The number of piperidine rings is 1. The summed E-state index contributed by atoms with van der Waals surface area (Å²) in [6, 6.07) is 1.76. The van der Waals surface area contributed by atoms with E-state index in [0.717, 1.165) is 26.1 Å². The van der Waals surface area contributed by atoms with Gasteiger partial charge in [0.2, 0.25) is 0 Å². The molecule has 2 N–H and O–H groups in total. The Morgan fingerprint density at radius 3 is 3.06 bits per heavy atom. The van der Waals surface area contributed by atoms with Gasteiger partial charge in [-0.3, -0.25) is 4.79 Å². The molecule has 1 fully saturated rings. The van der Waals surface area contributed by atoms with Gasteiger partial charge in [0.05, 0.1) is 5.02 Å². The number of halogens is 1. The highest BCUT2D eigenvalue weighted by Gasteiger charge is 2.30. The lowest BCUT2D eigenvalue weighted by Crippen LogP contribution is -2.47. The van der Waals surface area contributed by atoms with Crippen LogP contribution in [0, 0.1) is 5.41 Å². The molecule has 18 heavy (non-hydrogen) atoms. The Labute approximate surface area is 117 Å². The second-order valence-electron chi connectivity index (χ2n) is 4.91. The zero-order valence-electron chi connectivity index (χ0n) is 10.6. The molecule has 0 bridgehead atoms. The molecule has 1 aromatic rings. The zero-order chi connectivity index (χ0) is 13.0. The molecule has 1 amide bonds. The summed E-state index contributed by atoms with van der Waals surface area (Å²) >= 11 is 7.35. The summed E-state index contributed by atoms with van der Waals surface area (Å²) in [6.07, 6.45) is 3.44. The van der Waals surface area contributed by atoms with Crippen LogP contribution in [0.3, 0.4) is 0 Å². The van der Waals surface area contributed by atoms with Crippen LogP contribution in [0.1, 0.15) is 35.9 Å². The first kappa shape index (κ1) is 13.8. The van der Waals surface area contributed by atoms with Crippen molar-refractivity contribution in [2.24, 2.45) is 5.41 Å². The predicted octanol–water partition coefficient (Wildman–Crippen LogP) is 2.91. The summed E-state index contributed by atoms with van der Waals surface area (Å²) < 4.78 is 0. The Balaban J connectivity index is 1.94. The second kappa shape index (κ2) is 6.04. The van der Waals surface area contributed by atoms with Crippen LogP contribution in [0.15, 0.2) is 11.4 Å². The molecule has 2 heterocycles. The lowest BCUT2D eigenvalue weighted by atomic mass is 9.78. The van der Waals surface area contributed by atoms with E-state index in [1.165, 1.54) is 24.2 Å². The first-order valence-electron chi connectivity index (χ1n) is 6.39. The van der Waals surface area contributed by atoms with Crippen LogP contribution in [-0.4, -0.2) is 25.5 Å². The summed E-state index contributed by atoms with van der Waals surface area (Å²) in [5.41, 5.74) is 0.206. The molecular formula is C13H19ClN2OS. The van der Waals surface area contributed by atoms with Gasteiger partial charge >= 0.3 is 0 Å². The molecule has 1 saturated heterocycles. The molecule has 0 radical (unpaired) electrons. The third kappa shape index (κ3) is 3.05. The number of carbonyl (C=O) groups is 1. The highest BCUT2D eigenvalue weighted by Crippen LogP contribution is 2.29. The van der Waals surface area contributed by atoms with E-state index in [4.69, 9.17) is 11.6 Å². The van der Waals surface area contributed by atoms with E-state index >= 15 is 0 Å². The molecular weight excluding hydrogens is 268 g/mol. The van der Waals surface area contributed by atoms with Crippen LogP contribution in [0.2, 0.25) is 5.02 Å². The summed E-state index contributed by atoms with van der Waals surface area (Å²) in [5, 5.41) is 8.84. The number of thiophene rings is 1. The molecule has 0 aliphatic carbocycles. The van der Waals surface area contributed by atoms with E-state index in [9.17, 15) is 4.79 Å². The van der Waals surface area contributed by atoms with E-state index in [-0.39, 0.29) is 11.3 Å². The van der Waals surface area contributed by atoms with Crippen molar-refractivity contribution in [3.63, 3.8) is 0 Å². The molecule has 1 unspecified atom stereocenters. The Morgan fingerprint density at radius 1 is 1.67 bits per heavy atom. The molecule has 0 saturated carbocycles. The van der Waals surface area contributed by atoms with Crippen LogP contribution in [0.4, 0.5) is 0 Å². The van der Waals surface area contributed by atoms with E-state index in [1.54, 1.807) is 6.07 Å². The lowest BCUT2D eigenvalue weighted by molar-refractivity contribution is 0.0918. The van der Waals surface area contributed by atoms with Crippen molar-refractivity contribution in [1.29, 1.82) is 0 Å². The van der Waals surface area contributed by atoms with Crippen molar-refractivity contribution >= 4 is 28.8 Å². The summed E-state index contributed by atoms with van der Waals surface area (Å²) in [4.78, 5) is 12.6. The lowest BCUT2D eigenvalue weighted by Gasteiger charge is -2.37. The Kier molecular flexibility index (Phi) is 4.65. The van der Waals surface area contributed by atoms with Crippen LogP contribution >= 0.6 is 22.9 Å². The fourth-order valence-corrected chi connectivity index (χ4v) is 3.47. The van der Waals surface area contributed by atoms with E-state index in [2.05, 4.69) is 17.6 Å². The van der Waals surface area contributed by atoms with Gasteiger partial charge in [-0.25, -0.2) is 0 Å². The second-order valence-corrected chi connectivity index (χ2v) is 6.24. The van der Waals surface area contributed by atoms with Crippen molar-refractivity contribution in [2.45, 2.75) is 26.2 Å². The minimum absolute atomic E-state index is 0.0478. The van der Waals surface area contributed by atoms with Gasteiger partial charge in [-0.2, -0.15) is 0 Å².